The number of nitrogens with zero attached hydrogens (tertiary/aromatic N) is 5. The number of rotatable bonds is 12. The monoisotopic (exact) mass is 629 g/mol. The Hall–Kier alpha value is -3.24. The summed E-state index contributed by atoms with van der Waals surface area (Å²) < 4.78 is 16.4. The lowest BCUT2D eigenvalue weighted by Gasteiger charge is -2.18. The van der Waals surface area contributed by atoms with Gasteiger partial charge in [-0.2, -0.15) is 5.10 Å². The van der Waals surface area contributed by atoms with Crippen molar-refractivity contribution >= 4 is 49.7 Å². The number of benzene rings is 2. The molecule has 0 saturated heterocycles. The molecule has 0 radical (unpaired) electrons. The Labute approximate surface area is 263 Å². The number of hydrogen-bond donors (Lipinski definition) is 0. The summed E-state index contributed by atoms with van der Waals surface area (Å²) in [6.07, 6.45) is 6.03. The topological polar surface area (TPSA) is 74.4 Å². The van der Waals surface area contributed by atoms with E-state index in [1.165, 1.54) is 0 Å². The van der Waals surface area contributed by atoms with E-state index in [0.29, 0.717) is 44.7 Å². The Bertz CT molecular complexity index is 1750. The zero-order chi connectivity index (χ0) is 32.0. The maximum atomic E-state index is 13.3. The first kappa shape index (κ1) is 32.2. The third-order valence-corrected chi connectivity index (χ3v) is 11.9. The first-order chi connectivity index (χ1) is 20.7. The van der Waals surface area contributed by atoms with Crippen LogP contribution in [0.1, 0.15) is 31.9 Å². The quantitative estimate of drug-likeness (QED) is 0.0934. The number of hydrogen-bond acceptors (Lipinski definition) is 5. The van der Waals surface area contributed by atoms with Gasteiger partial charge in [0.15, 0.2) is 5.82 Å². The van der Waals surface area contributed by atoms with Crippen molar-refractivity contribution < 1.29 is 14.3 Å². The highest BCUT2D eigenvalue weighted by Gasteiger charge is 2.44. The number of aromatic nitrogens is 4. The van der Waals surface area contributed by atoms with Crippen molar-refractivity contribution in [3.8, 4) is 23.9 Å². The van der Waals surface area contributed by atoms with Crippen LogP contribution >= 0.6 is 0 Å². The molecule has 0 aliphatic carbocycles. The average Bonchev–Trinajstić information content (AvgIpc) is 3.55. The van der Waals surface area contributed by atoms with Crippen LogP contribution in [0.2, 0.25) is 51.4 Å². The first-order valence-corrected chi connectivity index (χ1v) is 23.1. The Morgan fingerprint density at radius 2 is 1.61 bits per heavy atom. The molecule has 0 bridgehead atoms. The van der Waals surface area contributed by atoms with Crippen molar-refractivity contribution in [3.63, 3.8) is 0 Å². The molecule has 3 heterocycles. The van der Waals surface area contributed by atoms with Gasteiger partial charge in [-0.1, -0.05) is 51.3 Å². The van der Waals surface area contributed by atoms with E-state index in [9.17, 15) is 4.79 Å². The normalized spacial score (nSPS) is 15.0. The van der Waals surface area contributed by atoms with Crippen molar-refractivity contribution in [1.82, 2.24) is 19.3 Å². The third-order valence-electron chi connectivity index (χ3n) is 8.50. The van der Waals surface area contributed by atoms with Crippen molar-refractivity contribution in [2.45, 2.75) is 91.0 Å². The molecule has 2 aromatic heterocycles. The molecule has 1 aliphatic heterocycles. The number of amides is 1. The molecule has 1 amide bonds. The van der Waals surface area contributed by atoms with Crippen LogP contribution in [0.3, 0.4) is 0 Å². The summed E-state index contributed by atoms with van der Waals surface area (Å²) in [7, 11) is -2.51. The molecule has 1 aliphatic rings. The number of imidazole rings is 1. The summed E-state index contributed by atoms with van der Waals surface area (Å²) in [5, 5.41) is 5.96. The van der Waals surface area contributed by atoms with Crippen molar-refractivity contribution in [2.24, 2.45) is 0 Å². The van der Waals surface area contributed by atoms with Crippen LogP contribution in [0.5, 0.6) is 0 Å². The number of terminal acetylenes is 1. The molecule has 2 aromatic carbocycles. The Balaban J connectivity index is 1.66. The van der Waals surface area contributed by atoms with E-state index in [-0.39, 0.29) is 5.91 Å². The molecule has 0 fully saturated rings. The van der Waals surface area contributed by atoms with Gasteiger partial charge in [0.2, 0.25) is 5.91 Å². The fourth-order valence-electron chi connectivity index (χ4n) is 5.74. The van der Waals surface area contributed by atoms with Gasteiger partial charge in [0, 0.05) is 46.9 Å². The molecular weight excluding hydrogens is 583 g/mol. The SMILES string of the molecule is C#Cc1cccc2c1c(-c1nc3cc4c(cc3n1COCC[Si](C)(C)C)N(CC)C(=O)C4(C)C)nn2COCC[Si](C)(C)C. The summed E-state index contributed by atoms with van der Waals surface area (Å²) >= 11 is 0. The van der Waals surface area contributed by atoms with E-state index in [0.717, 1.165) is 50.8 Å². The van der Waals surface area contributed by atoms with E-state index in [1.54, 1.807) is 0 Å². The van der Waals surface area contributed by atoms with E-state index >= 15 is 0 Å². The van der Waals surface area contributed by atoms with E-state index in [1.807, 2.05) is 48.6 Å². The molecule has 4 aromatic rings. The molecule has 0 spiro atoms. The maximum absolute atomic E-state index is 13.3. The second-order valence-electron chi connectivity index (χ2n) is 14.8. The minimum atomic E-state index is -1.28. The van der Waals surface area contributed by atoms with Crippen LogP contribution < -0.4 is 4.90 Å². The highest BCUT2D eigenvalue weighted by Crippen LogP contribution is 2.44. The number of likely N-dealkylation sites (N-methyl/N-ethyl adjacent to an activating group) is 1. The third kappa shape index (κ3) is 6.16. The van der Waals surface area contributed by atoms with Crippen LogP contribution in [0, 0.1) is 12.3 Å². The van der Waals surface area contributed by atoms with Crippen molar-refractivity contribution in [1.29, 1.82) is 0 Å². The van der Waals surface area contributed by atoms with Crippen LogP contribution in [-0.2, 0) is 33.1 Å². The van der Waals surface area contributed by atoms with E-state index in [2.05, 4.69) is 61.9 Å². The van der Waals surface area contributed by atoms with Gasteiger partial charge in [0.1, 0.15) is 19.2 Å². The molecular formula is C34H47N5O3Si2. The lowest BCUT2D eigenvalue weighted by atomic mass is 9.86. The van der Waals surface area contributed by atoms with Crippen molar-refractivity contribution in [3.05, 3.63) is 41.5 Å². The molecule has 234 valence electrons. The van der Waals surface area contributed by atoms with Gasteiger partial charge in [-0.3, -0.25) is 9.36 Å². The number of carbonyl (C=O) groups excluding carboxylic acids is 1. The number of fused-ring (bicyclic) bond motifs is 3. The fourth-order valence-corrected chi connectivity index (χ4v) is 7.25. The van der Waals surface area contributed by atoms with Gasteiger partial charge in [0.05, 0.1) is 27.7 Å². The number of anilines is 1. The summed E-state index contributed by atoms with van der Waals surface area (Å²) in [5.41, 5.74) is 5.37. The molecule has 8 nitrogen and oxygen atoms in total. The standard InChI is InChI=1S/C34H47N5O3Si2/c1-11-24-14-13-15-27-30(24)31(36-39(27)23-42-17-19-44(8,9)10)32-35-26-20-25-28(37(12-2)33(40)34(25,3)4)21-29(26)38(32)22-41-16-18-43(5,6)7/h1,13-15,20-21H,12,16-19,22-23H2,2-10H3. The lowest BCUT2D eigenvalue weighted by Crippen LogP contribution is -2.35. The van der Waals surface area contributed by atoms with Crippen LogP contribution in [0.25, 0.3) is 33.5 Å². The van der Waals surface area contributed by atoms with Crippen LogP contribution in [0.4, 0.5) is 5.69 Å². The predicted molar refractivity (Wildman–Crippen MR) is 186 cm³/mol. The van der Waals surface area contributed by atoms with Gasteiger partial charge < -0.3 is 14.4 Å². The minimum absolute atomic E-state index is 0.110. The average molecular weight is 630 g/mol. The first-order valence-electron chi connectivity index (χ1n) is 15.6. The van der Waals surface area contributed by atoms with Crippen LogP contribution in [0.15, 0.2) is 30.3 Å². The lowest BCUT2D eigenvalue weighted by molar-refractivity contribution is -0.122. The van der Waals surface area contributed by atoms with Crippen molar-refractivity contribution in [2.75, 3.05) is 24.7 Å². The molecule has 0 atom stereocenters. The van der Waals surface area contributed by atoms with E-state index < -0.39 is 21.6 Å². The van der Waals surface area contributed by atoms with Gasteiger partial charge in [-0.05, 0) is 62.7 Å². The molecule has 0 saturated carbocycles. The highest BCUT2D eigenvalue weighted by atomic mass is 28.3. The van der Waals surface area contributed by atoms with Gasteiger partial charge in [-0.15, -0.1) is 6.42 Å². The van der Waals surface area contributed by atoms with E-state index in [4.69, 9.17) is 26.0 Å². The fraction of sp³-hybridized carbons (Fsp3) is 0.500. The van der Waals surface area contributed by atoms with Gasteiger partial charge in [0.25, 0.3) is 0 Å². The largest absolute Gasteiger partial charge is 0.361 e. The summed E-state index contributed by atoms with van der Waals surface area (Å²) in [6.45, 7) is 22.7. The second kappa shape index (κ2) is 11.9. The Morgan fingerprint density at radius 3 is 2.23 bits per heavy atom. The Kier molecular flexibility index (Phi) is 8.72. The summed E-state index contributed by atoms with van der Waals surface area (Å²) in [6, 6.07) is 12.3. The van der Waals surface area contributed by atoms with Gasteiger partial charge in [-0.25, -0.2) is 9.67 Å². The zero-order valence-corrected chi connectivity index (χ0v) is 29.9. The smallest absolute Gasteiger partial charge is 0.237 e. The molecule has 44 heavy (non-hydrogen) atoms. The number of ether oxygens (including phenoxy) is 2. The second-order valence-corrected chi connectivity index (χ2v) is 26.0. The Morgan fingerprint density at radius 1 is 0.955 bits per heavy atom. The summed E-state index contributed by atoms with van der Waals surface area (Å²) in [4.78, 5) is 20.4. The number of carbonyl (C=O) groups is 1. The molecule has 10 heteroatoms. The maximum Gasteiger partial charge on any atom is 0.237 e. The van der Waals surface area contributed by atoms with Gasteiger partial charge >= 0.3 is 0 Å². The predicted octanol–water partition coefficient (Wildman–Crippen LogP) is 7.30. The van der Waals surface area contributed by atoms with Crippen LogP contribution in [-0.4, -0.2) is 61.1 Å². The summed E-state index contributed by atoms with van der Waals surface area (Å²) in [5.74, 6) is 3.67. The molecule has 0 unspecified atom stereocenters. The molecule has 5 rings (SSSR count). The molecule has 0 N–H and O–H groups in total. The zero-order valence-electron chi connectivity index (χ0n) is 27.9. The minimum Gasteiger partial charge on any atom is -0.361 e. The highest BCUT2D eigenvalue weighted by molar-refractivity contribution is 6.76.